The van der Waals surface area contributed by atoms with Crippen LogP contribution in [0.5, 0.6) is 0 Å². The summed E-state index contributed by atoms with van der Waals surface area (Å²) in [5, 5.41) is 17.8. The van der Waals surface area contributed by atoms with Gasteiger partial charge in [-0.25, -0.2) is 4.39 Å². The molecular weight excluding hydrogens is 510 g/mol. The average Bonchev–Trinajstić information content (AvgIpc) is 2.95. The molecule has 2 aromatic carbocycles. The van der Waals surface area contributed by atoms with Crippen LogP contribution >= 0.6 is 0 Å². The van der Waals surface area contributed by atoms with Crippen LogP contribution in [-0.4, -0.2) is 36.4 Å². The van der Waals surface area contributed by atoms with Crippen molar-refractivity contribution in [2.24, 2.45) is 5.16 Å². The highest BCUT2D eigenvalue weighted by Crippen LogP contribution is 2.34. The maximum absolute atomic E-state index is 15.0. The number of hydrogen-bond acceptors (Lipinski definition) is 8. The van der Waals surface area contributed by atoms with Crippen molar-refractivity contribution in [3.63, 3.8) is 0 Å². The quantitative estimate of drug-likeness (QED) is 0.350. The number of nitrogens with zero attached hydrogens (tertiary/aromatic N) is 3. The minimum absolute atomic E-state index is 0.0154. The lowest BCUT2D eigenvalue weighted by Crippen LogP contribution is -2.40. The predicted octanol–water partition coefficient (Wildman–Crippen LogP) is 4.83. The van der Waals surface area contributed by atoms with Crippen LogP contribution in [0.15, 0.2) is 57.0 Å². The summed E-state index contributed by atoms with van der Waals surface area (Å²) in [5.74, 6) is 0.0387. The standard InChI is InChI=1S/C30H30BFN4O4/c1-17-12-22(29-23(13-17)28(37)18(2)30(39-29)36-10-5-4-6-11-36)19(3)35-25-8-7-9-33-27(25)20-14-21-16-34-40-31(38)26(21)24(32)15-20/h7-9,12-16,19,35,38H,4-6,10-11H2,1-3H3/t19-/m0/s1. The summed E-state index contributed by atoms with van der Waals surface area (Å²) in [6, 6.07) is 10.4. The van der Waals surface area contributed by atoms with Crippen molar-refractivity contribution in [1.29, 1.82) is 0 Å². The Kier molecular flexibility index (Phi) is 6.79. The van der Waals surface area contributed by atoms with E-state index >= 15 is 4.39 Å². The van der Waals surface area contributed by atoms with E-state index in [1.54, 1.807) is 18.3 Å². The summed E-state index contributed by atoms with van der Waals surface area (Å²) in [4.78, 5) is 20.2. The van der Waals surface area contributed by atoms with Crippen molar-refractivity contribution < 1.29 is 18.6 Å². The highest BCUT2D eigenvalue weighted by Gasteiger charge is 2.30. The van der Waals surface area contributed by atoms with Gasteiger partial charge in [-0.2, -0.15) is 0 Å². The number of pyridine rings is 1. The van der Waals surface area contributed by atoms with Gasteiger partial charge in [0, 0.05) is 41.4 Å². The molecule has 1 saturated heterocycles. The largest absolute Gasteiger partial charge is 0.586 e. The number of aromatic nitrogens is 1. The number of anilines is 2. The molecule has 1 atom stereocenters. The smallest absolute Gasteiger partial charge is 0.440 e. The van der Waals surface area contributed by atoms with Gasteiger partial charge in [-0.05, 0) is 75.9 Å². The van der Waals surface area contributed by atoms with E-state index in [0.717, 1.165) is 37.1 Å². The van der Waals surface area contributed by atoms with Gasteiger partial charge in [-0.1, -0.05) is 6.07 Å². The van der Waals surface area contributed by atoms with Crippen molar-refractivity contribution in [2.75, 3.05) is 23.3 Å². The number of aryl methyl sites for hydroxylation is 1. The average molecular weight is 540 g/mol. The van der Waals surface area contributed by atoms with E-state index in [1.165, 1.54) is 18.7 Å². The van der Waals surface area contributed by atoms with Crippen molar-refractivity contribution in [1.82, 2.24) is 4.98 Å². The number of rotatable bonds is 5. The molecule has 4 aromatic rings. The Balaban J connectivity index is 1.41. The van der Waals surface area contributed by atoms with Gasteiger partial charge in [-0.15, -0.1) is 5.16 Å². The van der Waals surface area contributed by atoms with E-state index in [1.807, 2.05) is 39.0 Å². The highest BCUT2D eigenvalue weighted by atomic mass is 19.1. The Morgan fingerprint density at radius 3 is 2.75 bits per heavy atom. The summed E-state index contributed by atoms with van der Waals surface area (Å²) in [5.41, 5.74) is 5.19. The first-order valence-electron chi connectivity index (χ1n) is 13.6. The molecule has 4 heterocycles. The molecule has 0 amide bonds. The third-order valence-corrected chi connectivity index (χ3v) is 7.69. The number of halogens is 1. The van der Waals surface area contributed by atoms with Gasteiger partial charge in [0.1, 0.15) is 11.4 Å². The number of hydrogen-bond donors (Lipinski definition) is 2. The maximum atomic E-state index is 15.0. The summed E-state index contributed by atoms with van der Waals surface area (Å²) in [6.45, 7) is 7.55. The van der Waals surface area contributed by atoms with E-state index in [4.69, 9.17) is 9.17 Å². The first-order chi connectivity index (χ1) is 19.3. The number of nitrogens with one attached hydrogen (secondary N) is 1. The van der Waals surface area contributed by atoms with Crippen LogP contribution in [0.2, 0.25) is 0 Å². The van der Waals surface area contributed by atoms with Gasteiger partial charge in [0.05, 0.1) is 34.6 Å². The Morgan fingerprint density at radius 1 is 1.15 bits per heavy atom. The molecule has 0 bridgehead atoms. The van der Waals surface area contributed by atoms with Gasteiger partial charge < -0.3 is 24.4 Å². The van der Waals surface area contributed by atoms with Crippen LogP contribution < -0.4 is 21.1 Å². The molecule has 2 aliphatic rings. The zero-order chi connectivity index (χ0) is 28.0. The van der Waals surface area contributed by atoms with E-state index in [0.29, 0.717) is 44.9 Å². The van der Waals surface area contributed by atoms with Crippen molar-refractivity contribution in [2.45, 2.75) is 46.1 Å². The molecule has 8 nitrogen and oxygen atoms in total. The predicted molar refractivity (Wildman–Crippen MR) is 156 cm³/mol. The highest BCUT2D eigenvalue weighted by molar-refractivity contribution is 6.62. The fraction of sp³-hybridized carbons (Fsp3) is 0.300. The summed E-state index contributed by atoms with van der Waals surface area (Å²) >= 11 is 0. The van der Waals surface area contributed by atoms with E-state index in [2.05, 4.69) is 20.4 Å². The van der Waals surface area contributed by atoms with Gasteiger partial charge in [-0.3, -0.25) is 9.78 Å². The number of oxime groups is 1. The first-order valence-corrected chi connectivity index (χ1v) is 13.6. The summed E-state index contributed by atoms with van der Waals surface area (Å²) in [6.07, 6.45) is 6.34. The van der Waals surface area contributed by atoms with Crippen LogP contribution in [0.1, 0.15) is 54.5 Å². The molecule has 204 valence electrons. The number of piperidine rings is 1. The van der Waals surface area contributed by atoms with E-state index in [-0.39, 0.29) is 16.9 Å². The fourth-order valence-electron chi connectivity index (χ4n) is 5.68. The molecule has 6 rings (SSSR count). The number of benzene rings is 2. The molecule has 10 heteroatoms. The maximum Gasteiger partial charge on any atom is 0.586 e. The Morgan fingerprint density at radius 2 is 1.95 bits per heavy atom. The summed E-state index contributed by atoms with van der Waals surface area (Å²) in [7, 11) is -1.46. The first kappa shape index (κ1) is 26.1. The van der Waals surface area contributed by atoms with Crippen molar-refractivity contribution >= 4 is 41.3 Å². The number of fused-ring (bicyclic) bond motifs is 2. The van der Waals surface area contributed by atoms with Gasteiger partial charge in [0.25, 0.3) is 0 Å². The molecule has 2 aliphatic heterocycles. The molecule has 40 heavy (non-hydrogen) atoms. The Labute approximate surface area is 231 Å². The minimum Gasteiger partial charge on any atom is -0.440 e. The van der Waals surface area contributed by atoms with Crippen molar-refractivity contribution in [3.8, 4) is 11.3 Å². The van der Waals surface area contributed by atoms with Crippen LogP contribution in [0.3, 0.4) is 0 Å². The second-order valence-electron chi connectivity index (χ2n) is 10.6. The molecule has 0 unspecified atom stereocenters. The fourth-order valence-corrected chi connectivity index (χ4v) is 5.68. The molecule has 0 saturated carbocycles. The molecule has 0 aliphatic carbocycles. The Bertz CT molecular complexity index is 1700. The monoisotopic (exact) mass is 540 g/mol. The van der Waals surface area contributed by atoms with Crippen LogP contribution in [0.25, 0.3) is 22.2 Å². The lowest BCUT2D eigenvalue weighted by atomic mass is 9.75. The topological polar surface area (TPSA) is 100 Å². The normalized spacial score (nSPS) is 15.6. The molecule has 2 aromatic heterocycles. The van der Waals surface area contributed by atoms with Crippen LogP contribution in [0.4, 0.5) is 16.0 Å². The van der Waals surface area contributed by atoms with Gasteiger partial charge >= 0.3 is 7.12 Å². The molecule has 0 radical (unpaired) electrons. The molecular formula is C30H30BFN4O4. The SMILES string of the molecule is Cc1cc([C@H](C)Nc2cccnc2-c2cc(F)c3c(c2)C=NOB3O)c2oc(N3CCCCC3)c(C)c(=O)c2c1. The Hall–Kier alpha value is -4.18. The van der Waals surface area contributed by atoms with Gasteiger partial charge in [0.15, 0.2) is 5.43 Å². The zero-order valence-electron chi connectivity index (χ0n) is 22.7. The van der Waals surface area contributed by atoms with Crippen molar-refractivity contribution in [3.05, 3.63) is 80.9 Å². The van der Waals surface area contributed by atoms with E-state index < -0.39 is 12.9 Å². The lowest BCUT2D eigenvalue weighted by Gasteiger charge is -2.29. The van der Waals surface area contributed by atoms with Crippen LogP contribution in [-0.2, 0) is 4.76 Å². The third kappa shape index (κ3) is 4.62. The second-order valence-corrected chi connectivity index (χ2v) is 10.6. The lowest BCUT2D eigenvalue weighted by molar-refractivity contribution is 0.285. The third-order valence-electron chi connectivity index (χ3n) is 7.69. The van der Waals surface area contributed by atoms with E-state index in [9.17, 15) is 9.82 Å². The van der Waals surface area contributed by atoms with Crippen LogP contribution in [0, 0.1) is 19.7 Å². The van der Waals surface area contributed by atoms with Gasteiger partial charge in [0.2, 0.25) is 5.88 Å². The molecule has 2 N–H and O–H groups in total. The molecule has 0 spiro atoms. The summed E-state index contributed by atoms with van der Waals surface area (Å²) < 4.78 is 26.3. The second kappa shape index (κ2) is 10.4. The minimum atomic E-state index is -1.46. The zero-order valence-corrected chi connectivity index (χ0v) is 22.7. The molecule has 1 fully saturated rings.